The van der Waals surface area contributed by atoms with Crippen molar-refractivity contribution in [3.63, 3.8) is 0 Å². The number of anilines is 1. The number of hydrogen-bond donors (Lipinski definition) is 4. The highest BCUT2D eigenvalue weighted by Crippen LogP contribution is 2.25. The van der Waals surface area contributed by atoms with Crippen LogP contribution in [0.1, 0.15) is 17.4 Å². The van der Waals surface area contributed by atoms with Gasteiger partial charge in [-0.15, -0.1) is 23.7 Å². The van der Waals surface area contributed by atoms with Crippen LogP contribution in [0, 0.1) is 0 Å². The van der Waals surface area contributed by atoms with Gasteiger partial charge in [0, 0.05) is 23.7 Å². The number of morpholine rings is 1. The zero-order chi connectivity index (χ0) is 16.4. The van der Waals surface area contributed by atoms with Crippen molar-refractivity contribution in [2.75, 3.05) is 18.5 Å². The van der Waals surface area contributed by atoms with E-state index in [9.17, 15) is 9.59 Å². The summed E-state index contributed by atoms with van der Waals surface area (Å²) in [5, 5.41) is 8.21. The maximum Gasteiger partial charge on any atom is 0.265 e. The third kappa shape index (κ3) is 3.93. The number of thiazole rings is 1. The molecule has 1 aliphatic rings. The van der Waals surface area contributed by atoms with Crippen LogP contribution in [0.3, 0.4) is 0 Å². The lowest BCUT2D eigenvalue weighted by molar-refractivity contribution is -0.123. The molecule has 0 spiro atoms. The van der Waals surface area contributed by atoms with Crippen LogP contribution in [0.4, 0.5) is 5.13 Å². The predicted molar refractivity (Wildman–Crippen MR) is 93.5 cm³/mol. The predicted octanol–water partition coefficient (Wildman–Crippen LogP) is 0.974. The van der Waals surface area contributed by atoms with E-state index >= 15 is 0 Å². The fourth-order valence-corrected chi connectivity index (χ4v) is 3.08. The lowest BCUT2D eigenvalue weighted by Gasteiger charge is -2.28. The Morgan fingerprint density at radius 2 is 2.29 bits per heavy atom. The molecule has 2 aromatic rings. The first-order chi connectivity index (χ1) is 11.0. The fraction of sp³-hybridized carbons (Fsp3) is 0.357. The number of amides is 2. The largest absolute Gasteiger partial charge is 0.375 e. The topological polar surface area (TPSA) is 122 Å². The zero-order valence-electron chi connectivity index (χ0n) is 12.9. The average Bonchev–Trinajstić information content (AvgIpc) is 3.16. The van der Waals surface area contributed by atoms with E-state index in [0.717, 1.165) is 5.56 Å². The standard InChI is InChI=1S/C14H17N5O3S.ClH/c1-7-11(16-2-3-22-7)13(21)19-14-18-10(6-23-14)8-4-9(12(15)20)17-5-8;/h4-7,11,16-17H,2-3H2,1H3,(H2,15,20)(H,18,19,21);1H/t7-,11+;/m1./s1. The Hall–Kier alpha value is -1.94. The van der Waals surface area contributed by atoms with Gasteiger partial charge in [0.1, 0.15) is 11.7 Å². The number of aromatic nitrogens is 2. The summed E-state index contributed by atoms with van der Waals surface area (Å²) in [6, 6.07) is 1.23. The second-order valence-corrected chi connectivity index (χ2v) is 6.06. The molecule has 3 heterocycles. The third-order valence-corrected chi connectivity index (χ3v) is 4.34. The van der Waals surface area contributed by atoms with Crippen LogP contribution in [-0.2, 0) is 9.53 Å². The van der Waals surface area contributed by atoms with Crippen molar-refractivity contribution < 1.29 is 14.3 Å². The highest BCUT2D eigenvalue weighted by molar-refractivity contribution is 7.14. The van der Waals surface area contributed by atoms with Crippen LogP contribution in [0.15, 0.2) is 17.6 Å². The van der Waals surface area contributed by atoms with E-state index in [2.05, 4.69) is 20.6 Å². The Labute approximate surface area is 148 Å². The molecule has 0 saturated carbocycles. The Kier molecular flexibility index (Phi) is 5.94. The van der Waals surface area contributed by atoms with Crippen molar-refractivity contribution in [1.29, 1.82) is 0 Å². The molecule has 10 heteroatoms. The lowest BCUT2D eigenvalue weighted by atomic mass is 10.1. The molecule has 5 N–H and O–H groups in total. The van der Waals surface area contributed by atoms with Crippen molar-refractivity contribution in [2.45, 2.75) is 19.1 Å². The zero-order valence-corrected chi connectivity index (χ0v) is 14.5. The molecule has 0 unspecified atom stereocenters. The molecule has 0 aliphatic carbocycles. The van der Waals surface area contributed by atoms with Gasteiger partial charge in [-0.05, 0) is 13.0 Å². The number of aromatic amines is 1. The maximum absolute atomic E-state index is 12.3. The number of nitrogens with two attached hydrogens (primary N) is 1. The number of rotatable bonds is 4. The molecule has 8 nitrogen and oxygen atoms in total. The van der Waals surface area contributed by atoms with Crippen LogP contribution in [0.2, 0.25) is 0 Å². The van der Waals surface area contributed by atoms with Crippen LogP contribution < -0.4 is 16.4 Å². The molecule has 1 fully saturated rings. The van der Waals surface area contributed by atoms with E-state index in [1.54, 1.807) is 17.6 Å². The fourth-order valence-electron chi connectivity index (χ4n) is 2.36. The van der Waals surface area contributed by atoms with E-state index in [-0.39, 0.29) is 24.4 Å². The van der Waals surface area contributed by atoms with Crippen LogP contribution in [-0.4, -0.2) is 47.1 Å². The number of carbonyl (C=O) groups excluding carboxylic acids is 2. The molecule has 2 atom stereocenters. The number of H-pyrrole nitrogens is 1. The van der Waals surface area contributed by atoms with Gasteiger partial charge in [-0.2, -0.15) is 0 Å². The molecule has 1 aliphatic heterocycles. The molecule has 24 heavy (non-hydrogen) atoms. The first-order valence-corrected chi connectivity index (χ1v) is 8.02. The summed E-state index contributed by atoms with van der Waals surface area (Å²) >= 11 is 1.31. The highest BCUT2D eigenvalue weighted by Gasteiger charge is 2.28. The number of primary amides is 1. The van der Waals surface area contributed by atoms with Crippen molar-refractivity contribution in [2.24, 2.45) is 5.73 Å². The summed E-state index contributed by atoms with van der Waals surface area (Å²) in [4.78, 5) is 30.5. The van der Waals surface area contributed by atoms with E-state index in [1.807, 2.05) is 6.92 Å². The van der Waals surface area contributed by atoms with Gasteiger partial charge >= 0.3 is 0 Å². The normalized spacial score (nSPS) is 20.2. The van der Waals surface area contributed by atoms with Gasteiger partial charge < -0.3 is 26.1 Å². The second-order valence-electron chi connectivity index (χ2n) is 5.20. The Morgan fingerprint density at radius 3 is 2.96 bits per heavy atom. The van der Waals surface area contributed by atoms with Gasteiger partial charge in [-0.1, -0.05) is 0 Å². The van der Waals surface area contributed by atoms with E-state index in [0.29, 0.717) is 29.7 Å². The van der Waals surface area contributed by atoms with Gasteiger partial charge in [-0.25, -0.2) is 4.98 Å². The molecule has 3 rings (SSSR count). The summed E-state index contributed by atoms with van der Waals surface area (Å²) in [5.41, 5.74) is 6.92. The highest BCUT2D eigenvalue weighted by atomic mass is 35.5. The molecule has 0 aromatic carbocycles. The Balaban J connectivity index is 0.00000208. The second kappa shape index (κ2) is 7.75. The number of carbonyl (C=O) groups is 2. The van der Waals surface area contributed by atoms with Crippen molar-refractivity contribution in [3.05, 3.63) is 23.3 Å². The van der Waals surface area contributed by atoms with Gasteiger partial charge in [0.25, 0.3) is 5.91 Å². The summed E-state index contributed by atoms with van der Waals surface area (Å²) in [6.07, 6.45) is 1.46. The minimum absolute atomic E-state index is 0. The van der Waals surface area contributed by atoms with Gasteiger partial charge in [-0.3, -0.25) is 9.59 Å². The van der Waals surface area contributed by atoms with Crippen LogP contribution in [0.5, 0.6) is 0 Å². The summed E-state index contributed by atoms with van der Waals surface area (Å²) in [7, 11) is 0. The van der Waals surface area contributed by atoms with Crippen LogP contribution >= 0.6 is 23.7 Å². The van der Waals surface area contributed by atoms with Crippen LogP contribution in [0.25, 0.3) is 11.3 Å². The SMILES string of the molecule is C[C@H]1OCCN[C@@H]1C(=O)Nc1nc(-c2c[nH]c(C(N)=O)c2)cs1.Cl. The third-order valence-electron chi connectivity index (χ3n) is 3.58. The Morgan fingerprint density at radius 1 is 1.50 bits per heavy atom. The van der Waals surface area contributed by atoms with Gasteiger partial charge in [0.15, 0.2) is 5.13 Å². The van der Waals surface area contributed by atoms with Gasteiger partial charge in [0.05, 0.1) is 18.4 Å². The van der Waals surface area contributed by atoms with Crippen molar-refractivity contribution >= 4 is 40.7 Å². The summed E-state index contributed by atoms with van der Waals surface area (Å²) in [5.74, 6) is -0.706. The molecular formula is C14H18ClN5O3S. The summed E-state index contributed by atoms with van der Waals surface area (Å²) in [6.45, 7) is 3.10. The van der Waals surface area contributed by atoms with E-state index < -0.39 is 11.9 Å². The quantitative estimate of drug-likeness (QED) is 0.638. The first kappa shape index (κ1) is 18.4. The first-order valence-electron chi connectivity index (χ1n) is 7.14. The molecule has 130 valence electrons. The number of hydrogen-bond acceptors (Lipinski definition) is 6. The average molecular weight is 372 g/mol. The minimum Gasteiger partial charge on any atom is -0.375 e. The van der Waals surface area contributed by atoms with E-state index in [1.165, 1.54) is 11.3 Å². The summed E-state index contributed by atoms with van der Waals surface area (Å²) < 4.78 is 5.46. The minimum atomic E-state index is -0.530. The number of nitrogens with zero attached hydrogens (tertiary/aromatic N) is 1. The number of nitrogens with one attached hydrogen (secondary N) is 3. The molecule has 1 saturated heterocycles. The maximum atomic E-state index is 12.3. The number of halogens is 1. The Bertz CT molecular complexity index is 732. The molecule has 2 amide bonds. The smallest absolute Gasteiger partial charge is 0.265 e. The van der Waals surface area contributed by atoms with E-state index in [4.69, 9.17) is 10.5 Å². The monoisotopic (exact) mass is 371 g/mol. The number of ether oxygens (including phenoxy) is 1. The van der Waals surface area contributed by atoms with Crippen molar-refractivity contribution in [1.82, 2.24) is 15.3 Å². The molecule has 2 aromatic heterocycles. The van der Waals surface area contributed by atoms with Crippen molar-refractivity contribution in [3.8, 4) is 11.3 Å². The molecule has 0 radical (unpaired) electrons. The lowest BCUT2D eigenvalue weighted by Crippen LogP contribution is -2.53. The molecule has 0 bridgehead atoms. The molecular weight excluding hydrogens is 354 g/mol. The van der Waals surface area contributed by atoms with Gasteiger partial charge in [0.2, 0.25) is 5.91 Å².